The highest BCUT2D eigenvalue weighted by Gasteiger charge is 2.42. The van der Waals surface area contributed by atoms with Crippen molar-refractivity contribution in [2.75, 3.05) is 0 Å². The van der Waals surface area contributed by atoms with Crippen molar-refractivity contribution in [3.05, 3.63) is 17.5 Å². The number of rotatable bonds is 5. The highest BCUT2D eigenvalue weighted by Crippen LogP contribution is 2.44. The Morgan fingerprint density at radius 3 is 2.39 bits per heavy atom. The second-order valence-electron chi connectivity index (χ2n) is 5.06. The maximum absolute atomic E-state index is 11.9. The predicted octanol–water partition coefficient (Wildman–Crippen LogP) is 1.29. The third-order valence-electron chi connectivity index (χ3n) is 3.51. The van der Waals surface area contributed by atoms with Crippen LogP contribution in [0.1, 0.15) is 46.7 Å². The van der Waals surface area contributed by atoms with Crippen molar-refractivity contribution in [1.82, 2.24) is 10.5 Å². The third-order valence-corrected chi connectivity index (χ3v) is 3.51. The van der Waals surface area contributed by atoms with Crippen molar-refractivity contribution in [3.8, 4) is 0 Å². The van der Waals surface area contributed by atoms with Gasteiger partial charge in [-0.2, -0.15) is 0 Å². The Kier molecular flexibility index (Phi) is 2.57. The molecule has 2 saturated carbocycles. The topological polar surface area (TPSA) is 92.4 Å². The van der Waals surface area contributed by atoms with E-state index in [1.54, 1.807) is 0 Å². The van der Waals surface area contributed by atoms with Crippen molar-refractivity contribution >= 4 is 11.9 Å². The lowest BCUT2D eigenvalue weighted by atomic mass is 10.1. The van der Waals surface area contributed by atoms with Gasteiger partial charge in [0.15, 0.2) is 5.69 Å². The van der Waals surface area contributed by atoms with E-state index in [-0.39, 0.29) is 23.4 Å². The molecule has 0 aliphatic heterocycles. The number of carboxylic acid groups (broad SMARTS) is 1. The van der Waals surface area contributed by atoms with Crippen LogP contribution < -0.4 is 5.32 Å². The SMILES string of the molecule is O=C(NC(C1CC1)C1CC1)c1cc(C(=O)O)on1. The molecule has 0 saturated heterocycles. The number of carbonyl (C=O) groups is 2. The highest BCUT2D eigenvalue weighted by atomic mass is 16.5. The molecule has 18 heavy (non-hydrogen) atoms. The summed E-state index contributed by atoms with van der Waals surface area (Å²) in [6.07, 6.45) is 4.67. The Balaban J connectivity index is 1.67. The van der Waals surface area contributed by atoms with Crippen molar-refractivity contribution in [2.24, 2.45) is 11.8 Å². The van der Waals surface area contributed by atoms with Crippen LogP contribution in [0.15, 0.2) is 10.6 Å². The number of carboxylic acids is 1. The Bertz CT molecular complexity index is 476. The van der Waals surface area contributed by atoms with Crippen molar-refractivity contribution in [1.29, 1.82) is 0 Å². The maximum atomic E-state index is 11.9. The molecule has 0 aromatic carbocycles. The van der Waals surface area contributed by atoms with E-state index in [2.05, 4.69) is 15.0 Å². The first kappa shape index (κ1) is 11.3. The van der Waals surface area contributed by atoms with E-state index >= 15 is 0 Å². The molecule has 0 bridgehead atoms. The number of nitrogens with zero attached hydrogens (tertiary/aromatic N) is 1. The molecular formula is C12H14N2O4. The standard InChI is InChI=1S/C12H14N2O4/c15-11(8-5-9(12(16)17)18-14-8)13-10(6-1-2-6)7-3-4-7/h5-7,10H,1-4H2,(H,13,15)(H,16,17). The average molecular weight is 250 g/mol. The van der Waals surface area contributed by atoms with E-state index in [0.29, 0.717) is 11.8 Å². The Morgan fingerprint density at radius 2 is 1.94 bits per heavy atom. The van der Waals surface area contributed by atoms with Crippen molar-refractivity contribution < 1.29 is 19.2 Å². The first-order chi connectivity index (χ1) is 8.65. The van der Waals surface area contributed by atoms with Crippen LogP contribution in [0.25, 0.3) is 0 Å². The van der Waals surface area contributed by atoms with E-state index in [0.717, 1.165) is 6.07 Å². The van der Waals surface area contributed by atoms with E-state index in [1.807, 2.05) is 0 Å². The molecule has 0 atom stereocenters. The summed E-state index contributed by atoms with van der Waals surface area (Å²) in [5.41, 5.74) is 0.0405. The molecule has 1 amide bonds. The van der Waals surface area contributed by atoms with Gasteiger partial charge in [-0.25, -0.2) is 4.79 Å². The molecule has 2 aliphatic rings. The van der Waals surface area contributed by atoms with Gasteiger partial charge in [-0.3, -0.25) is 4.79 Å². The van der Waals surface area contributed by atoms with Gasteiger partial charge in [-0.15, -0.1) is 0 Å². The highest BCUT2D eigenvalue weighted by molar-refractivity contribution is 5.95. The Morgan fingerprint density at radius 1 is 1.33 bits per heavy atom. The smallest absolute Gasteiger partial charge is 0.374 e. The number of amides is 1. The molecule has 2 fully saturated rings. The summed E-state index contributed by atoms with van der Waals surface area (Å²) >= 11 is 0. The van der Waals surface area contributed by atoms with Crippen LogP contribution in [0.5, 0.6) is 0 Å². The van der Waals surface area contributed by atoms with Crippen LogP contribution in [0.2, 0.25) is 0 Å². The molecule has 1 aromatic heterocycles. The van der Waals surface area contributed by atoms with Gasteiger partial charge >= 0.3 is 5.97 Å². The summed E-state index contributed by atoms with van der Waals surface area (Å²) in [6, 6.07) is 1.39. The molecule has 6 heteroatoms. The van der Waals surface area contributed by atoms with Crippen LogP contribution in [-0.4, -0.2) is 28.2 Å². The van der Waals surface area contributed by atoms with Gasteiger partial charge in [0.2, 0.25) is 5.76 Å². The summed E-state index contributed by atoms with van der Waals surface area (Å²) in [5.74, 6) is -0.688. The van der Waals surface area contributed by atoms with Crippen molar-refractivity contribution in [2.45, 2.75) is 31.7 Å². The minimum Gasteiger partial charge on any atom is -0.475 e. The van der Waals surface area contributed by atoms with Gasteiger partial charge in [0.1, 0.15) is 0 Å². The lowest BCUT2D eigenvalue weighted by Crippen LogP contribution is -2.38. The van der Waals surface area contributed by atoms with Gasteiger partial charge in [-0.1, -0.05) is 5.16 Å². The predicted molar refractivity (Wildman–Crippen MR) is 60.2 cm³/mol. The minimum atomic E-state index is -1.22. The molecule has 3 rings (SSSR count). The fraction of sp³-hybridized carbons (Fsp3) is 0.583. The van der Waals surface area contributed by atoms with Crippen LogP contribution in [-0.2, 0) is 0 Å². The number of hydrogen-bond donors (Lipinski definition) is 2. The van der Waals surface area contributed by atoms with Gasteiger partial charge in [0.05, 0.1) is 0 Å². The largest absolute Gasteiger partial charge is 0.475 e. The van der Waals surface area contributed by atoms with Crippen LogP contribution in [0.4, 0.5) is 0 Å². The Hall–Kier alpha value is -1.85. The van der Waals surface area contributed by atoms with Gasteiger partial charge in [0.25, 0.3) is 5.91 Å². The summed E-state index contributed by atoms with van der Waals surface area (Å²) in [7, 11) is 0. The van der Waals surface area contributed by atoms with Crippen LogP contribution in [0, 0.1) is 11.8 Å². The fourth-order valence-electron chi connectivity index (χ4n) is 2.24. The number of carbonyl (C=O) groups excluding carboxylic acids is 1. The summed E-state index contributed by atoms with van der Waals surface area (Å²) in [4.78, 5) is 22.6. The number of aromatic carboxylic acids is 1. The molecule has 0 spiro atoms. The Labute approximate surface area is 103 Å². The quantitative estimate of drug-likeness (QED) is 0.821. The first-order valence-corrected chi connectivity index (χ1v) is 6.16. The normalized spacial score (nSPS) is 18.9. The number of aromatic nitrogens is 1. The zero-order chi connectivity index (χ0) is 12.7. The molecule has 96 valence electrons. The van der Waals surface area contributed by atoms with Crippen LogP contribution >= 0.6 is 0 Å². The average Bonchev–Trinajstić information content (AvgIpc) is 3.24. The zero-order valence-corrected chi connectivity index (χ0v) is 9.76. The molecule has 1 aromatic rings. The molecule has 6 nitrogen and oxygen atoms in total. The van der Waals surface area contributed by atoms with Crippen molar-refractivity contribution in [3.63, 3.8) is 0 Å². The third kappa shape index (κ3) is 2.23. The monoisotopic (exact) mass is 250 g/mol. The van der Waals surface area contributed by atoms with Gasteiger partial charge in [-0.05, 0) is 37.5 Å². The van der Waals surface area contributed by atoms with Crippen LogP contribution in [0.3, 0.4) is 0 Å². The summed E-state index contributed by atoms with van der Waals surface area (Å²) in [5, 5.41) is 15.1. The summed E-state index contributed by atoms with van der Waals surface area (Å²) in [6.45, 7) is 0. The molecule has 2 N–H and O–H groups in total. The molecule has 0 unspecified atom stereocenters. The molecular weight excluding hydrogens is 236 g/mol. The lowest BCUT2D eigenvalue weighted by Gasteiger charge is -2.16. The second kappa shape index (κ2) is 4.12. The van der Waals surface area contributed by atoms with Gasteiger partial charge in [0, 0.05) is 12.1 Å². The molecule has 2 aliphatic carbocycles. The first-order valence-electron chi connectivity index (χ1n) is 6.16. The summed E-state index contributed by atoms with van der Waals surface area (Å²) < 4.78 is 4.57. The van der Waals surface area contributed by atoms with E-state index < -0.39 is 5.97 Å². The number of hydrogen-bond acceptors (Lipinski definition) is 4. The van der Waals surface area contributed by atoms with E-state index in [9.17, 15) is 9.59 Å². The second-order valence-corrected chi connectivity index (χ2v) is 5.06. The lowest BCUT2D eigenvalue weighted by molar-refractivity contribution is 0.0651. The minimum absolute atomic E-state index is 0.0405. The van der Waals surface area contributed by atoms with E-state index in [1.165, 1.54) is 25.7 Å². The maximum Gasteiger partial charge on any atom is 0.374 e. The fourth-order valence-corrected chi connectivity index (χ4v) is 2.24. The number of nitrogens with one attached hydrogen (secondary N) is 1. The zero-order valence-electron chi connectivity index (χ0n) is 9.76. The molecule has 1 heterocycles. The van der Waals surface area contributed by atoms with Gasteiger partial charge < -0.3 is 14.9 Å². The van der Waals surface area contributed by atoms with E-state index in [4.69, 9.17) is 5.11 Å². The molecule has 0 radical (unpaired) electrons.